The number of ether oxygens (including phenoxy) is 2. The number of amides is 4. The first kappa shape index (κ1) is 63.7. The zero-order valence-corrected chi connectivity index (χ0v) is 50.4. The topological polar surface area (TPSA) is 212 Å². The fraction of sp³-hybridized carbons (Fsp3) is 0.452. The van der Waals surface area contributed by atoms with Crippen LogP contribution < -0.4 is 21.3 Å². The average Bonchev–Trinajstić information content (AvgIpc) is 4.53. The number of esters is 2. The van der Waals surface area contributed by atoms with Gasteiger partial charge in [0.15, 0.2) is 11.5 Å². The number of fused-ring (bicyclic) bond motifs is 2. The summed E-state index contributed by atoms with van der Waals surface area (Å²) >= 11 is 0. The van der Waals surface area contributed by atoms with Gasteiger partial charge in [0.25, 0.3) is 0 Å². The summed E-state index contributed by atoms with van der Waals surface area (Å²) in [6.45, 7) is 16.4. The number of hydrogen-bond donors (Lipinski definition) is 4. The van der Waals surface area contributed by atoms with E-state index in [4.69, 9.17) is 18.3 Å². The summed E-state index contributed by atoms with van der Waals surface area (Å²) in [4.78, 5) is 85.3. The molecule has 2 aliphatic rings. The number of methoxy groups -OCH3 is 2. The van der Waals surface area contributed by atoms with Gasteiger partial charge in [-0.3, -0.25) is 19.2 Å². The third-order valence-corrected chi connectivity index (χ3v) is 15.3. The van der Waals surface area contributed by atoms with Crippen molar-refractivity contribution in [2.24, 2.45) is 10.8 Å². The fourth-order valence-corrected chi connectivity index (χ4v) is 10.6. The summed E-state index contributed by atoms with van der Waals surface area (Å²) in [5.41, 5.74) is 2.24. The van der Waals surface area contributed by atoms with Crippen molar-refractivity contribution in [1.29, 1.82) is 0 Å². The highest BCUT2D eigenvalue weighted by Crippen LogP contribution is 2.43. The molecule has 8 rings (SSSR count). The molecule has 2 saturated heterocycles. The van der Waals surface area contributed by atoms with Crippen LogP contribution in [-0.2, 0) is 41.7 Å². The van der Waals surface area contributed by atoms with Crippen LogP contribution in [0.1, 0.15) is 125 Å². The number of benzene rings is 2. The standard InChI is InChI=1S/C62H74N8O10.2ClH/c1-37(63-9)55(71)65-53(61(3,4)5)57(73)69-31-21-27-47(69)49-33-41(59(75)77-11)51(79-49)43-35-67(45-25-17-15-23-39(43)45)29-19-13-14-20-30-68-36-44(40-24-16-18-26-46(40)68)52-42(60(76)78-12)34-50(80-52)48-28-22-32-70(48)58(74)54(62(6,7)8)66-56(72)38(2)64-10;;/h15-18,23-26,33-38,47-48,53-54,63-64H,21-22,27-32H2,1-12H3,(H,65,71)(H,66,72);2*1H/t37-,38-,47-,48-,53+,54+;;/m0../s1. The van der Waals surface area contributed by atoms with Gasteiger partial charge in [-0.2, -0.15) is 0 Å². The van der Waals surface area contributed by atoms with Crippen LogP contribution in [0.3, 0.4) is 0 Å². The van der Waals surface area contributed by atoms with Gasteiger partial charge in [-0.15, -0.1) is 24.8 Å². The fourth-order valence-electron chi connectivity index (χ4n) is 10.6. The Labute approximate surface area is 491 Å². The lowest BCUT2D eigenvalue weighted by Gasteiger charge is -2.35. The molecule has 20 heteroatoms. The first-order valence-electron chi connectivity index (χ1n) is 27.2. The molecule has 6 heterocycles. The summed E-state index contributed by atoms with van der Waals surface area (Å²) in [7, 11) is 6.02. The number of nitrogens with zero attached hydrogens (tertiary/aromatic N) is 4. The monoisotopic (exact) mass is 1160 g/mol. The van der Waals surface area contributed by atoms with Crippen LogP contribution in [0, 0.1) is 34.5 Å². The quantitative estimate of drug-likeness (QED) is 0.0529. The van der Waals surface area contributed by atoms with Gasteiger partial charge in [0.1, 0.15) is 34.7 Å². The van der Waals surface area contributed by atoms with Crippen molar-refractivity contribution >= 4 is 82.2 Å². The van der Waals surface area contributed by atoms with Crippen molar-refractivity contribution in [2.45, 2.75) is 130 Å². The Bertz CT molecular complexity index is 3240. The van der Waals surface area contributed by atoms with Crippen molar-refractivity contribution in [1.82, 2.24) is 40.2 Å². The van der Waals surface area contributed by atoms with Crippen LogP contribution in [0.5, 0.6) is 0 Å². The van der Waals surface area contributed by atoms with Gasteiger partial charge < -0.3 is 58.5 Å². The van der Waals surface area contributed by atoms with Crippen molar-refractivity contribution < 1.29 is 47.1 Å². The Morgan fingerprint density at radius 2 is 0.976 bits per heavy atom. The molecule has 0 radical (unpaired) electrons. The van der Waals surface area contributed by atoms with E-state index < -0.39 is 59.0 Å². The van der Waals surface area contributed by atoms with Gasteiger partial charge in [0, 0.05) is 58.4 Å². The molecule has 0 unspecified atom stereocenters. The molecule has 4 amide bonds. The van der Waals surface area contributed by atoms with Gasteiger partial charge in [0.05, 0.1) is 51.5 Å². The zero-order valence-electron chi connectivity index (χ0n) is 48.7. The maximum absolute atomic E-state index is 14.4. The van der Waals surface area contributed by atoms with Crippen LogP contribution in [0.4, 0.5) is 0 Å². The summed E-state index contributed by atoms with van der Waals surface area (Å²) in [5.74, 6) is 11.7. The number of aromatic nitrogens is 2. The maximum Gasteiger partial charge on any atom is 0.341 e. The van der Waals surface area contributed by atoms with E-state index in [-0.39, 0.29) is 72.7 Å². The molecule has 4 aromatic heterocycles. The van der Waals surface area contributed by atoms with Gasteiger partial charge in [-0.05, 0) is 101 Å². The number of halogens is 2. The van der Waals surface area contributed by atoms with Crippen LogP contribution in [-0.4, -0.2) is 120 Å². The number of likely N-dealkylation sites (N-methyl/N-ethyl adjacent to an activating group) is 2. The first-order chi connectivity index (χ1) is 38.1. The van der Waals surface area contributed by atoms with Crippen LogP contribution in [0.25, 0.3) is 44.5 Å². The molecule has 0 saturated carbocycles. The second-order valence-corrected chi connectivity index (χ2v) is 22.8. The Kier molecular flexibility index (Phi) is 20.7. The zero-order chi connectivity index (χ0) is 57.8. The van der Waals surface area contributed by atoms with E-state index in [9.17, 15) is 28.8 Å². The second-order valence-electron chi connectivity index (χ2n) is 22.8. The number of carbonyl (C=O) groups excluding carboxylic acids is 6. The lowest BCUT2D eigenvalue weighted by atomic mass is 9.85. The number of furan rings is 2. The molecule has 438 valence electrons. The van der Waals surface area contributed by atoms with E-state index in [1.54, 1.807) is 49.9 Å². The van der Waals surface area contributed by atoms with Gasteiger partial charge in [-0.1, -0.05) is 89.8 Å². The summed E-state index contributed by atoms with van der Waals surface area (Å²) < 4.78 is 27.8. The third kappa shape index (κ3) is 13.2. The summed E-state index contributed by atoms with van der Waals surface area (Å²) in [5, 5.41) is 13.5. The predicted octanol–water partition coefficient (Wildman–Crippen LogP) is 8.84. The van der Waals surface area contributed by atoms with Crippen LogP contribution >= 0.6 is 24.8 Å². The van der Waals surface area contributed by atoms with E-state index >= 15 is 0 Å². The van der Waals surface area contributed by atoms with Crippen LogP contribution in [0.15, 0.2) is 81.9 Å². The molecule has 2 fully saturated rings. The number of para-hydroxylation sites is 2. The van der Waals surface area contributed by atoms with Crippen molar-refractivity contribution in [3.8, 4) is 46.3 Å². The minimum Gasteiger partial charge on any atom is -0.465 e. The third-order valence-electron chi connectivity index (χ3n) is 15.3. The van der Waals surface area contributed by atoms with Crippen molar-refractivity contribution in [3.63, 3.8) is 0 Å². The molecule has 18 nitrogen and oxygen atoms in total. The number of carbonyl (C=O) groups is 6. The Balaban J connectivity index is 0.00000541. The molecule has 0 bridgehead atoms. The second kappa shape index (κ2) is 26.6. The molecule has 0 aliphatic carbocycles. The van der Waals surface area contributed by atoms with E-state index in [0.29, 0.717) is 72.9 Å². The molecule has 82 heavy (non-hydrogen) atoms. The van der Waals surface area contributed by atoms with Crippen molar-refractivity contribution in [3.05, 3.63) is 95.7 Å². The first-order valence-corrected chi connectivity index (χ1v) is 27.2. The lowest BCUT2D eigenvalue weighted by molar-refractivity contribution is -0.141. The van der Waals surface area contributed by atoms with Crippen LogP contribution in [0.2, 0.25) is 0 Å². The maximum atomic E-state index is 14.4. The van der Waals surface area contributed by atoms with E-state index in [2.05, 4.69) is 44.9 Å². The predicted molar refractivity (Wildman–Crippen MR) is 319 cm³/mol. The molecule has 0 spiro atoms. The molecular formula is C62H76Cl2N8O10. The minimum atomic E-state index is -0.810. The number of hydrogen-bond acceptors (Lipinski definition) is 12. The Morgan fingerprint density at radius 3 is 1.32 bits per heavy atom. The minimum absolute atomic E-state index is 0. The largest absolute Gasteiger partial charge is 0.465 e. The van der Waals surface area contributed by atoms with Crippen molar-refractivity contribution in [2.75, 3.05) is 41.4 Å². The SMILES string of the molecule is CN[C@@H](C)C(=O)N[C@H](C(=O)N1CCC[C@H]1c1cc(C(=O)OC)c(-c2cn(CC#CC#CCn3cc(-c4oc([C@@H]5CCCN5C(=O)[C@@H](NC(=O)[C@H](C)NC)C(C)(C)C)cc4C(=O)OC)c4ccccc43)c3ccccc23)o1)C(C)(C)C.Cl.Cl. The lowest BCUT2D eigenvalue weighted by Crippen LogP contribution is -2.57. The number of nitrogens with one attached hydrogen (secondary N) is 4. The van der Waals surface area contributed by atoms with E-state index in [1.807, 2.05) is 112 Å². The van der Waals surface area contributed by atoms with E-state index in [0.717, 1.165) is 21.8 Å². The average molecular weight is 1160 g/mol. The highest BCUT2D eigenvalue weighted by Gasteiger charge is 2.44. The highest BCUT2D eigenvalue weighted by atomic mass is 35.5. The number of rotatable bonds is 16. The smallest absolute Gasteiger partial charge is 0.341 e. The summed E-state index contributed by atoms with van der Waals surface area (Å²) in [6.07, 6.45) is 6.39. The van der Waals surface area contributed by atoms with Gasteiger partial charge >= 0.3 is 11.9 Å². The molecule has 2 aliphatic heterocycles. The van der Waals surface area contributed by atoms with Gasteiger partial charge in [0.2, 0.25) is 23.6 Å². The Hall–Kier alpha value is -7.48. The summed E-state index contributed by atoms with van der Waals surface area (Å²) in [6, 6.07) is 15.2. The molecule has 6 aromatic rings. The number of likely N-dealkylation sites (tertiary alicyclic amines) is 2. The molecule has 4 N–H and O–H groups in total. The molecule has 6 atom stereocenters. The normalized spacial score (nSPS) is 16.6. The molecule has 2 aromatic carbocycles. The van der Waals surface area contributed by atoms with E-state index in [1.165, 1.54) is 14.2 Å². The van der Waals surface area contributed by atoms with Gasteiger partial charge in [-0.25, -0.2) is 9.59 Å². The molecular weight excluding hydrogens is 1090 g/mol. The Morgan fingerprint density at radius 1 is 0.610 bits per heavy atom. The highest BCUT2D eigenvalue weighted by molar-refractivity contribution is 6.04.